The third-order valence-corrected chi connectivity index (χ3v) is 4.85. The number of carboxylic acid groups (broad SMARTS) is 1. The summed E-state index contributed by atoms with van der Waals surface area (Å²) in [7, 11) is 0. The van der Waals surface area contributed by atoms with Gasteiger partial charge in [0.05, 0.1) is 0 Å². The largest absolute Gasteiger partial charge is 0.477 e. The maximum absolute atomic E-state index is 12.2. The van der Waals surface area contributed by atoms with E-state index in [0.29, 0.717) is 13.1 Å². The maximum atomic E-state index is 12.2. The monoisotopic (exact) mass is 358 g/mol. The van der Waals surface area contributed by atoms with Gasteiger partial charge in [-0.3, -0.25) is 0 Å². The topological polar surface area (TPSA) is 82.6 Å². The molecule has 1 aliphatic rings. The van der Waals surface area contributed by atoms with Crippen LogP contribution in [0.1, 0.15) is 61.1 Å². The fourth-order valence-electron chi connectivity index (χ4n) is 3.66. The van der Waals surface area contributed by atoms with Crippen molar-refractivity contribution in [2.75, 3.05) is 13.1 Å². The van der Waals surface area contributed by atoms with E-state index in [-0.39, 0.29) is 17.7 Å². The predicted octanol–water partition coefficient (Wildman–Crippen LogP) is 4.29. The number of nitrogens with zero attached hydrogens (tertiary/aromatic N) is 1. The number of carbonyl (C=O) groups is 2. The van der Waals surface area contributed by atoms with Gasteiger partial charge in [-0.1, -0.05) is 18.2 Å². The second kappa shape index (κ2) is 6.67. The molecule has 0 aliphatic carbocycles. The molecule has 140 valence electrons. The third kappa shape index (κ3) is 3.54. The summed E-state index contributed by atoms with van der Waals surface area (Å²) in [6, 6.07) is 5.90. The molecule has 0 radical (unpaired) electrons. The molecule has 6 nitrogen and oxygen atoms in total. The molecule has 0 spiro atoms. The van der Waals surface area contributed by atoms with Gasteiger partial charge in [-0.05, 0) is 57.6 Å². The zero-order valence-corrected chi connectivity index (χ0v) is 15.8. The number of carboxylic acids is 1. The van der Waals surface area contributed by atoms with Crippen LogP contribution in [0.25, 0.3) is 10.9 Å². The molecule has 1 amide bonds. The van der Waals surface area contributed by atoms with Gasteiger partial charge in [-0.25, -0.2) is 9.59 Å². The Balaban J connectivity index is 1.84. The standard InChI is InChI=1S/C20H26N2O4/c1-12-6-5-7-14-15(17(18(23)24)21-16(12)14)13-8-10-22(11-9-13)19(25)26-20(2,3)4/h5-7,13,21H,8-11H2,1-4H3,(H,23,24). The molecule has 2 heterocycles. The first-order valence-electron chi connectivity index (χ1n) is 9.00. The molecule has 2 N–H and O–H groups in total. The number of ether oxygens (including phenoxy) is 1. The van der Waals surface area contributed by atoms with Crippen molar-refractivity contribution in [3.8, 4) is 0 Å². The van der Waals surface area contributed by atoms with Crippen LogP contribution in [0.3, 0.4) is 0 Å². The highest BCUT2D eigenvalue weighted by Gasteiger charge is 2.31. The van der Waals surface area contributed by atoms with Gasteiger partial charge in [0.1, 0.15) is 11.3 Å². The van der Waals surface area contributed by atoms with Crippen LogP contribution in [0.4, 0.5) is 4.79 Å². The first-order chi connectivity index (χ1) is 12.2. The van der Waals surface area contributed by atoms with Crippen LogP contribution < -0.4 is 0 Å². The van der Waals surface area contributed by atoms with E-state index in [1.165, 1.54) is 0 Å². The molecule has 1 aliphatic heterocycles. The summed E-state index contributed by atoms with van der Waals surface area (Å²) in [5.41, 5.74) is 2.53. The number of fused-ring (bicyclic) bond motifs is 1. The van der Waals surface area contributed by atoms with E-state index in [2.05, 4.69) is 4.98 Å². The van der Waals surface area contributed by atoms with Crippen molar-refractivity contribution in [3.05, 3.63) is 35.0 Å². The highest BCUT2D eigenvalue weighted by molar-refractivity contribution is 5.98. The molecule has 0 atom stereocenters. The molecular weight excluding hydrogens is 332 g/mol. The lowest BCUT2D eigenvalue weighted by molar-refractivity contribution is 0.0204. The first kappa shape index (κ1) is 18.3. The molecule has 1 saturated heterocycles. The van der Waals surface area contributed by atoms with Crippen molar-refractivity contribution in [2.24, 2.45) is 0 Å². The summed E-state index contributed by atoms with van der Waals surface area (Å²) in [5, 5.41) is 10.6. The zero-order valence-electron chi connectivity index (χ0n) is 15.8. The van der Waals surface area contributed by atoms with Gasteiger partial charge in [-0.2, -0.15) is 0 Å². The second-order valence-electron chi connectivity index (χ2n) is 7.96. The van der Waals surface area contributed by atoms with Crippen molar-refractivity contribution >= 4 is 23.0 Å². The van der Waals surface area contributed by atoms with Crippen LogP contribution in [-0.2, 0) is 4.74 Å². The number of amides is 1. The number of aromatic nitrogens is 1. The lowest BCUT2D eigenvalue weighted by Gasteiger charge is -2.33. The number of likely N-dealkylation sites (tertiary alicyclic amines) is 1. The number of H-pyrrole nitrogens is 1. The van der Waals surface area contributed by atoms with E-state index < -0.39 is 11.6 Å². The molecule has 26 heavy (non-hydrogen) atoms. The van der Waals surface area contributed by atoms with Crippen LogP contribution in [-0.4, -0.2) is 45.7 Å². The summed E-state index contributed by atoms with van der Waals surface area (Å²) in [4.78, 5) is 28.8. The van der Waals surface area contributed by atoms with Crippen molar-refractivity contribution < 1.29 is 19.4 Å². The Morgan fingerprint density at radius 3 is 2.46 bits per heavy atom. The minimum absolute atomic E-state index is 0.107. The minimum Gasteiger partial charge on any atom is -0.477 e. The predicted molar refractivity (Wildman–Crippen MR) is 99.8 cm³/mol. The molecule has 2 aromatic rings. The van der Waals surface area contributed by atoms with Gasteiger partial charge in [0, 0.05) is 24.0 Å². The first-order valence-corrected chi connectivity index (χ1v) is 9.00. The summed E-state index contributed by atoms with van der Waals surface area (Å²) < 4.78 is 5.44. The Labute approximate surface area is 153 Å². The van der Waals surface area contributed by atoms with Gasteiger partial charge in [-0.15, -0.1) is 0 Å². The summed E-state index contributed by atoms with van der Waals surface area (Å²) in [6.07, 6.45) is 1.14. The van der Waals surface area contributed by atoms with Gasteiger partial charge < -0.3 is 19.7 Å². The maximum Gasteiger partial charge on any atom is 0.410 e. The number of nitrogens with one attached hydrogen (secondary N) is 1. The van der Waals surface area contributed by atoms with Gasteiger partial charge in [0.15, 0.2) is 0 Å². The number of hydrogen-bond donors (Lipinski definition) is 2. The third-order valence-electron chi connectivity index (χ3n) is 4.85. The van der Waals surface area contributed by atoms with Crippen molar-refractivity contribution in [1.29, 1.82) is 0 Å². The molecule has 0 saturated carbocycles. The normalized spacial score (nSPS) is 16.1. The van der Waals surface area contributed by atoms with E-state index in [1.54, 1.807) is 4.90 Å². The van der Waals surface area contributed by atoms with E-state index in [4.69, 9.17) is 4.74 Å². The number of aromatic carboxylic acids is 1. The summed E-state index contributed by atoms with van der Waals surface area (Å²) in [5.74, 6) is -0.833. The van der Waals surface area contributed by atoms with Crippen LogP contribution in [0, 0.1) is 6.92 Å². The van der Waals surface area contributed by atoms with Crippen LogP contribution in [0.5, 0.6) is 0 Å². The van der Waals surface area contributed by atoms with Crippen LogP contribution in [0.2, 0.25) is 0 Å². The van der Waals surface area contributed by atoms with Crippen LogP contribution in [0.15, 0.2) is 18.2 Å². The molecular formula is C20H26N2O4. The van der Waals surface area contributed by atoms with Crippen molar-refractivity contribution in [2.45, 2.75) is 52.1 Å². The summed E-state index contributed by atoms with van der Waals surface area (Å²) >= 11 is 0. The number of aryl methyl sites for hydroxylation is 1. The fraction of sp³-hybridized carbons (Fsp3) is 0.500. The van der Waals surface area contributed by atoms with Gasteiger partial charge >= 0.3 is 12.1 Å². The molecule has 3 rings (SSSR count). The molecule has 0 unspecified atom stereocenters. The van der Waals surface area contributed by atoms with E-state index in [1.807, 2.05) is 45.9 Å². The highest BCUT2D eigenvalue weighted by atomic mass is 16.6. The Morgan fingerprint density at radius 2 is 1.88 bits per heavy atom. The minimum atomic E-state index is -0.940. The Kier molecular flexibility index (Phi) is 4.69. The van der Waals surface area contributed by atoms with E-state index in [0.717, 1.165) is 34.9 Å². The Hall–Kier alpha value is -2.50. The van der Waals surface area contributed by atoms with Gasteiger partial charge in [0.25, 0.3) is 0 Å². The zero-order chi connectivity index (χ0) is 19.1. The number of piperidine rings is 1. The Morgan fingerprint density at radius 1 is 1.23 bits per heavy atom. The van der Waals surface area contributed by atoms with Gasteiger partial charge in [0.2, 0.25) is 0 Å². The Bertz CT molecular complexity index is 839. The number of benzene rings is 1. The second-order valence-corrected chi connectivity index (χ2v) is 7.96. The molecule has 0 bridgehead atoms. The highest BCUT2D eigenvalue weighted by Crippen LogP contribution is 2.37. The average molecular weight is 358 g/mol. The fourth-order valence-corrected chi connectivity index (χ4v) is 3.66. The SMILES string of the molecule is Cc1cccc2c(C3CCN(C(=O)OC(C)(C)C)CC3)c(C(=O)O)[nH]c12. The van der Waals surface area contributed by atoms with Crippen molar-refractivity contribution in [3.63, 3.8) is 0 Å². The van der Waals surface area contributed by atoms with E-state index >= 15 is 0 Å². The number of aromatic amines is 1. The van der Waals surface area contributed by atoms with Crippen LogP contribution >= 0.6 is 0 Å². The number of hydrogen-bond acceptors (Lipinski definition) is 3. The average Bonchev–Trinajstić information content (AvgIpc) is 2.94. The number of carbonyl (C=O) groups excluding carboxylic acids is 1. The summed E-state index contributed by atoms with van der Waals surface area (Å²) in [6.45, 7) is 8.66. The molecule has 1 fully saturated rings. The smallest absolute Gasteiger partial charge is 0.410 e. The lowest BCUT2D eigenvalue weighted by Crippen LogP contribution is -2.41. The molecule has 1 aromatic carbocycles. The lowest BCUT2D eigenvalue weighted by atomic mass is 9.87. The van der Waals surface area contributed by atoms with Crippen molar-refractivity contribution in [1.82, 2.24) is 9.88 Å². The van der Waals surface area contributed by atoms with E-state index in [9.17, 15) is 14.7 Å². The number of rotatable bonds is 2. The molecule has 6 heteroatoms. The molecule has 1 aromatic heterocycles. The quantitative estimate of drug-likeness (QED) is 0.839. The number of para-hydroxylation sites is 1.